The molecule has 6 nitrogen and oxygen atoms in total. The molecule has 0 spiro atoms. The van der Waals surface area contributed by atoms with Crippen LogP contribution >= 0.6 is 0 Å². The van der Waals surface area contributed by atoms with Gasteiger partial charge in [0.1, 0.15) is 11.5 Å². The van der Waals surface area contributed by atoms with E-state index in [4.69, 9.17) is 4.74 Å². The molecule has 31 heavy (non-hydrogen) atoms. The van der Waals surface area contributed by atoms with Crippen molar-refractivity contribution in [3.63, 3.8) is 0 Å². The van der Waals surface area contributed by atoms with Crippen LogP contribution in [0.15, 0.2) is 48.4 Å². The number of aryl methyl sites for hydroxylation is 2. The van der Waals surface area contributed by atoms with Gasteiger partial charge in [0.15, 0.2) is 5.78 Å². The van der Waals surface area contributed by atoms with Gasteiger partial charge in [0.2, 0.25) is 0 Å². The zero-order chi connectivity index (χ0) is 22.4. The Morgan fingerprint density at radius 3 is 2.52 bits per heavy atom. The Morgan fingerprint density at radius 2 is 1.87 bits per heavy atom. The highest BCUT2D eigenvalue weighted by Gasteiger charge is 2.37. The minimum atomic E-state index is -0.345. The van der Waals surface area contributed by atoms with E-state index in [2.05, 4.69) is 10.3 Å². The molecule has 1 aromatic carbocycles. The number of carbonyl (C=O) groups excluding carboxylic acids is 3. The number of hydrogen-bond donors (Lipinski definition) is 1. The third-order valence-corrected chi connectivity index (χ3v) is 5.43. The van der Waals surface area contributed by atoms with E-state index in [1.807, 2.05) is 39.0 Å². The number of esters is 1. The number of pyridine rings is 1. The molecule has 2 aromatic rings. The summed E-state index contributed by atoms with van der Waals surface area (Å²) in [5, 5.41) is 2.82. The molecular formula is C25H28N2O4. The SMILES string of the molecule is CCCC(=O)OC1=C(c2c(C)cccc2C)C(=O)C(CCNC(=O)c2ccccn2)C1. The first-order valence-corrected chi connectivity index (χ1v) is 10.7. The summed E-state index contributed by atoms with van der Waals surface area (Å²) < 4.78 is 5.65. The average Bonchev–Trinajstić information content (AvgIpc) is 3.04. The second kappa shape index (κ2) is 10.2. The molecule has 0 radical (unpaired) electrons. The highest BCUT2D eigenvalue weighted by molar-refractivity contribution is 6.25. The molecule has 1 N–H and O–H groups in total. The maximum atomic E-state index is 13.3. The molecule has 1 unspecified atom stereocenters. The summed E-state index contributed by atoms with van der Waals surface area (Å²) in [5.74, 6) is -0.533. The standard InChI is InChI=1S/C25H28N2O4/c1-4-8-21(28)31-20-15-18(12-14-27-25(30)19-11-5-6-13-26-19)24(29)23(20)22-16(2)9-7-10-17(22)3/h5-7,9-11,13,18H,4,8,12,14-15H2,1-3H3,(H,27,30). The second-order valence-corrected chi connectivity index (χ2v) is 7.81. The summed E-state index contributed by atoms with van der Waals surface area (Å²) in [5.41, 5.74) is 3.62. The largest absolute Gasteiger partial charge is 0.430 e. The number of carbonyl (C=O) groups is 3. The summed E-state index contributed by atoms with van der Waals surface area (Å²) >= 11 is 0. The number of aromatic nitrogens is 1. The summed E-state index contributed by atoms with van der Waals surface area (Å²) in [6.45, 7) is 6.15. The van der Waals surface area contributed by atoms with Crippen molar-refractivity contribution < 1.29 is 19.1 Å². The van der Waals surface area contributed by atoms with Crippen LogP contribution in [-0.2, 0) is 14.3 Å². The van der Waals surface area contributed by atoms with Crippen LogP contribution < -0.4 is 5.32 Å². The third kappa shape index (κ3) is 5.26. The van der Waals surface area contributed by atoms with Gasteiger partial charge in [-0.2, -0.15) is 0 Å². The normalized spacial score (nSPS) is 15.8. The number of nitrogens with zero attached hydrogens (tertiary/aromatic N) is 1. The maximum absolute atomic E-state index is 13.3. The number of benzene rings is 1. The summed E-state index contributed by atoms with van der Waals surface area (Å²) in [6, 6.07) is 11.0. The molecule has 0 fully saturated rings. The monoisotopic (exact) mass is 420 g/mol. The first-order chi connectivity index (χ1) is 14.9. The van der Waals surface area contributed by atoms with E-state index >= 15 is 0 Å². The number of nitrogens with one attached hydrogen (secondary N) is 1. The van der Waals surface area contributed by atoms with Gasteiger partial charge in [0.05, 0.1) is 5.57 Å². The molecule has 0 saturated carbocycles. The van der Waals surface area contributed by atoms with E-state index in [0.717, 1.165) is 16.7 Å². The molecule has 1 aliphatic carbocycles. The molecule has 6 heteroatoms. The Morgan fingerprint density at radius 1 is 1.13 bits per heavy atom. The molecule has 1 aromatic heterocycles. The lowest BCUT2D eigenvalue weighted by molar-refractivity contribution is -0.139. The molecular weight excluding hydrogens is 392 g/mol. The van der Waals surface area contributed by atoms with E-state index < -0.39 is 0 Å². The van der Waals surface area contributed by atoms with Crippen LogP contribution in [0, 0.1) is 19.8 Å². The zero-order valence-corrected chi connectivity index (χ0v) is 18.2. The van der Waals surface area contributed by atoms with Crippen molar-refractivity contribution in [2.45, 2.75) is 46.5 Å². The summed E-state index contributed by atoms with van der Waals surface area (Å²) in [4.78, 5) is 41.8. The van der Waals surface area contributed by atoms with Crippen molar-refractivity contribution in [2.24, 2.45) is 5.92 Å². The van der Waals surface area contributed by atoms with Crippen LogP contribution in [0.4, 0.5) is 0 Å². The smallest absolute Gasteiger partial charge is 0.310 e. The molecule has 3 rings (SSSR count). The summed E-state index contributed by atoms with van der Waals surface area (Å²) in [7, 11) is 0. The van der Waals surface area contributed by atoms with Gasteiger partial charge >= 0.3 is 5.97 Å². The number of hydrogen-bond acceptors (Lipinski definition) is 5. The van der Waals surface area contributed by atoms with Gasteiger partial charge in [-0.25, -0.2) is 0 Å². The van der Waals surface area contributed by atoms with Gasteiger partial charge in [-0.1, -0.05) is 31.2 Å². The molecule has 0 bridgehead atoms. The third-order valence-electron chi connectivity index (χ3n) is 5.43. The highest BCUT2D eigenvalue weighted by atomic mass is 16.5. The fourth-order valence-electron chi connectivity index (χ4n) is 3.90. The molecule has 1 heterocycles. The predicted octanol–water partition coefficient (Wildman–Crippen LogP) is 4.16. The lowest BCUT2D eigenvalue weighted by Gasteiger charge is -2.13. The van der Waals surface area contributed by atoms with Gasteiger partial charge in [-0.3, -0.25) is 19.4 Å². The molecule has 0 saturated heterocycles. The molecule has 1 amide bonds. The minimum absolute atomic E-state index is 0.0382. The zero-order valence-electron chi connectivity index (χ0n) is 18.2. The molecule has 0 aliphatic heterocycles. The van der Waals surface area contributed by atoms with Crippen molar-refractivity contribution >= 4 is 23.2 Å². The maximum Gasteiger partial charge on any atom is 0.310 e. The Balaban J connectivity index is 1.76. The first-order valence-electron chi connectivity index (χ1n) is 10.7. The minimum Gasteiger partial charge on any atom is -0.430 e. The van der Waals surface area contributed by atoms with E-state index in [1.165, 1.54) is 0 Å². The molecule has 1 atom stereocenters. The number of allylic oxidation sites excluding steroid dienone is 2. The van der Waals surface area contributed by atoms with Crippen LogP contribution in [0.25, 0.3) is 5.57 Å². The van der Waals surface area contributed by atoms with E-state index in [0.29, 0.717) is 49.3 Å². The summed E-state index contributed by atoms with van der Waals surface area (Å²) in [6.07, 6.45) is 3.37. The second-order valence-electron chi connectivity index (χ2n) is 7.81. The van der Waals surface area contributed by atoms with E-state index in [-0.39, 0.29) is 23.6 Å². The van der Waals surface area contributed by atoms with Crippen LogP contribution in [0.1, 0.15) is 59.8 Å². The quantitative estimate of drug-likeness (QED) is 0.648. The van der Waals surface area contributed by atoms with Crippen LogP contribution in [-0.4, -0.2) is 29.2 Å². The number of Topliss-reactive ketones (excluding diaryl/α,β-unsaturated/α-hetero) is 1. The Labute approximate surface area is 182 Å². The highest BCUT2D eigenvalue weighted by Crippen LogP contribution is 2.39. The first kappa shape index (κ1) is 22.4. The van der Waals surface area contributed by atoms with Gasteiger partial charge in [0.25, 0.3) is 5.91 Å². The average molecular weight is 421 g/mol. The van der Waals surface area contributed by atoms with Crippen LogP contribution in [0.5, 0.6) is 0 Å². The lowest BCUT2D eigenvalue weighted by Crippen LogP contribution is -2.27. The van der Waals surface area contributed by atoms with Gasteiger partial charge in [-0.15, -0.1) is 0 Å². The molecule has 1 aliphatic rings. The Hall–Kier alpha value is -3.28. The number of rotatable bonds is 8. The van der Waals surface area contributed by atoms with Crippen molar-refractivity contribution in [3.05, 3.63) is 70.7 Å². The molecule has 162 valence electrons. The van der Waals surface area contributed by atoms with Crippen molar-refractivity contribution in [2.75, 3.05) is 6.54 Å². The van der Waals surface area contributed by atoms with Crippen molar-refractivity contribution in [1.82, 2.24) is 10.3 Å². The van der Waals surface area contributed by atoms with Gasteiger partial charge in [0, 0.05) is 31.5 Å². The fraction of sp³-hybridized carbons (Fsp3) is 0.360. The lowest BCUT2D eigenvalue weighted by atomic mass is 9.91. The van der Waals surface area contributed by atoms with Crippen molar-refractivity contribution in [3.8, 4) is 0 Å². The number of ether oxygens (including phenoxy) is 1. The topological polar surface area (TPSA) is 85.4 Å². The van der Waals surface area contributed by atoms with E-state index in [1.54, 1.807) is 24.4 Å². The fourth-order valence-corrected chi connectivity index (χ4v) is 3.90. The Bertz CT molecular complexity index is 991. The van der Waals surface area contributed by atoms with Crippen molar-refractivity contribution in [1.29, 1.82) is 0 Å². The van der Waals surface area contributed by atoms with Gasteiger partial charge in [-0.05, 0) is 55.5 Å². The number of ketones is 1. The van der Waals surface area contributed by atoms with Crippen LogP contribution in [0.2, 0.25) is 0 Å². The van der Waals surface area contributed by atoms with Crippen LogP contribution in [0.3, 0.4) is 0 Å². The van der Waals surface area contributed by atoms with E-state index in [9.17, 15) is 14.4 Å². The van der Waals surface area contributed by atoms with Gasteiger partial charge < -0.3 is 10.1 Å². The predicted molar refractivity (Wildman–Crippen MR) is 118 cm³/mol. The number of amides is 1. The Kier molecular flexibility index (Phi) is 7.34.